The lowest BCUT2D eigenvalue weighted by atomic mass is 9.89. The second-order valence-electron chi connectivity index (χ2n) is 20.7. The fraction of sp³-hybridized carbons (Fsp3) is 0.667. The number of likely N-dealkylation sites (tertiary alicyclic amines) is 1. The van der Waals surface area contributed by atoms with Crippen molar-refractivity contribution in [1.82, 2.24) is 25.3 Å². The van der Waals surface area contributed by atoms with Gasteiger partial charge in [0.1, 0.15) is 43.1 Å². The predicted molar refractivity (Wildman–Crippen MR) is 273 cm³/mol. The zero-order valence-electron chi connectivity index (χ0n) is 45.4. The number of carbonyl (C=O) groups is 6. The summed E-state index contributed by atoms with van der Waals surface area (Å²) in [5.41, 5.74) is 2.40. The molecule has 2 aliphatic rings. The number of aryl methyl sites for hydroxylation is 1. The van der Waals surface area contributed by atoms with E-state index in [0.29, 0.717) is 31.4 Å². The second-order valence-corrected chi connectivity index (χ2v) is 20.7. The molecule has 5 amide bonds. The first-order valence-electron chi connectivity index (χ1n) is 25.7. The maximum Gasteiger partial charge on any atom is 0.410 e. The van der Waals surface area contributed by atoms with E-state index in [1.54, 1.807) is 61.0 Å². The number of ether oxygens (including phenoxy) is 5. The van der Waals surface area contributed by atoms with E-state index in [-0.39, 0.29) is 36.7 Å². The van der Waals surface area contributed by atoms with Gasteiger partial charge < -0.3 is 64.5 Å². The first kappa shape index (κ1) is 61.3. The average Bonchev–Trinajstić information content (AvgIpc) is 3.86. The van der Waals surface area contributed by atoms with Crippen LogP contribution in [0, 0.1) is 30.6 Å². The van der Waals surface area contributed by atoms with Gasteiger partial charge in [-0.25, -0.2) is 9.59 Å². The van der Waals surface area contributed by atoms with Crippen molar-refractivity contribution in [2.45, 2.75) is 174 Å². The molecule has 20 nitrogen and oxygen atoms in total. The highest BCUT2D eigenvalue weighted by Gasteiger charge is 2.49. The fourth-order valence-corrected chi connectivity index (χ4v) is 10.1. The molecule has 0 bridgehead atoms. The summed E-state index contributed by atoms with van der Waals surface area (Å²) in [5, 5.41) is 47.0. The van der Waals surface area contributed by atoms with E-state index in [1.807, 2.05) is 72.7 Å². The van der Waals surface area contributed by atoms with E-state index in [1.165, 1.54) is 26.2 Å². The second kappa shape index (κ2) is 28.1. The number of carboxylic acids is 1. The standard InChI is InChI=1S/C54H83N5O15/c1-14-32(7)42(57(10)51(66)40(29(2)3)56-50(65)41(30(4)5)58(11)54(69)72-28-35-24-22-31(6)23-25-35)38(70-12)27-39(60)59-26-18-21-37(59)46(71-13)33(8)49(64)55-34(9)47(36-19-16-15-17-20-36)73-53-45(63)43(61)44(62)48(74-53)52(67)68/h15-17,19-20,22-25,29-30,32-34,37-38,40-48,53,61-63H,14,18,21,26-28H2,1-13H3,(H,55,64)(H,56,65)(H,67,68). The Labute approximate surface area is 436 Å². The maximum absolute atomic E-state index is 14.7. The highest BCUT2D eigenvalue weighted by Crippen LogP contribution is 2.33. The molecule has 2 aliphatic heterocycles. The van der Waals surface area contributed by atoms with Crippen LogP contribution in [0.25, 0.3) is 0 Å². The summed E-state index contributed by atoms with van der Waals surface area (Å²) in [6.07, 6.45) is -10.9. The molecule has 20 heteroatoms. The molecule has 414 valence electrons. The Kier molecular flexibility index (Phi) is 23.3. The number of carboxylic acid groups (broad SMARTS) is 1. The van der Waals surface area contributed by atoms with Crippen molar-refractivity contribution in [3.05, 3.63) is 71.3 Å². The number of nitrogens with zero attached hydrogens (tertiary/aromatic N) is 3. The van der Waals surface area contributed by atoms with Crippen LogP contribution < -0.4 is 10.6 Å². The lowest BCUT2D eigenvalue weighted by Crippen LogP contribution is -2.61. The molecule has 2 aromatic rings. The van der Waals surface area contributed by atoms with E-state index in [9.17, 15) is 49.2 Å². The minimum Gasteiger partial charge on any atom is -0.479 e. The maximum atomic E-state index is 14.7. The number of methoxy groups -OCH3 is 2. The smallest absolute Gasteiger partial charge is 0.410 e. The van der Waals surface area contributed by atoms with Gasteiger partial charge in [0.15, 0.2) is 12.4 Å². The minimum atomic E-state index is -1.92. The van der Waals surface area contributed by atoms with Crippen LogP contribution in [0.4, 0.5) is 4.79 Å². The third-order valence-corrected chi connectivity index (χ3v) is 14.6. The Morgan fingerprint density at radius 1 is 0.811 bits per heavy atom. The van der Waals surface area contributed by atoms with Crippen LogP contribution in [-0.4, -0.2) is 179 Å². The van der Waals surface area contributed by atoms with Gasteiger partial charge in [0.05, 0.1) is 42.7 Å². The molecule has 0 saturated carbocycles. The number of aliphatic hydroxyl groups excluding tert-OH is 3. The van der Waals surface area contributed by atoms with E-state index >= 15 is 0 Å². The van der Waals surface area contributed by atoms with Gasteiger partial charge in [-0.1, -0.05) is 115 Å². The number of benzene rings is 2. The Hall–Kier alpha value is -5.22. The van der Waals surface area contributed by atoms with Crippen molar-refractivity contribution >= 4 is 35.7 Å². The summed E-state index contributed by atoms with van der Waals surface area (Å²) in [7, 11) is 6.10. The molecule has 2 heterocycles. The lowest BCUT2D eigenvalue weighted by molar-refractivity contribution is -0.307. The zero-order valence-corrected chi connectivity index (χ0v) is 45.4. The van der Waals surface area contributed by atoms with Crippen LogP contribution in [0.2, 0.25) is 0 Å². The quantitative estimate of drug-likeness (QED) is 0.0827. The Bertz CT molecular complexity index is 2150. The highest BCUT2D eigenvalue weighted by atomic mass is 16.7. The summed E-state index contributed by atoms with van der Waals surface area (Å²) in [6.45, 7) is 16.9. The van der Waals surface area contributed by atoms with Gasteiger partial charge in [-0.05, 0) is 55.6 Å². The minimum absolute atomic E-state index is 0.0231. The number of aliphatic hydroxyl groups is 3. The molecule has 0 spiro atoms. The largest absolute Gasteiger partial charge is 0.479 e. The molecule has 0 aromatic heterocycles. The number of hydrogen-bond acceptors (Lipinski definition) is 14. The van der Waals surface area contributed by atoms with Crippen molar-refractivity contribution in [1.29, 1.82) is 0 Å². The molecule has 0 aliphatic carbocycles. The van der Waals surface area contributed by atoms with Crippen molar-refractivity contribution < 1.29 is 72.9 Å². The molecule has 2 fully saturated rings. The molecule has 2 saturated heterocycles. The van der Waals surface area contributed by atoms with Crippen LogP contribution in [-0.2, 0) is 54.3 Å². The lowest BCUT2D eigenvalue weighted by Gasteiger charge is -2.41. The van der Waals surface area contributed by atoms with E-state index in [0.717, 1.165) is 11.1 Å². The highest BCUT2D eigenvalue weighted by molar-refractivity contribution is 5.92. The van der Waals surface area contributed by atoms with Gasteiger partial charge in [-0.3, -0.25) is 24.1 Å². The van der Waals surface area contributed by atoms with E-state index in [2.05, 4.69) is 10.6 Å². The fourth-order valence-electron chi connectivity index (χ4n) is 10.1. The van der Waals surface area contributed by atoms with Gasteiger partial charge in [0.2, 0.25) is 23.6 Å². The van der Waals surface area contributed by atoms with Gasteiger partial charge in [0, 0.05) is 34.9 Å². The summed E-state index contributed by atoms with van der Waals surface area (Å²) >= 11 is 0. The number of carbonyl (C=O) groups excluding carboxylic acids is 5. The van der Waals surface area contributed by atoms with Crippen molar-refractivity contribution in [3.8, 4) is 0 Å². The van der Waals surface area contributed by atoms with Gasteiger partial charge in [0.25, 0.3) is 0 Å². The summed E-state index contributed by atoms with van der Waals surface area (Å²) in [4.78, 5) is 87.1. The van der Waals surface area contributed by atoms with Crippen molar-refractivity contribution in [3.63, 3.8) is 0 Å². The first-order chi connectivity index (χ1) is 34.9. The average molecular weight is 1040 g/mol. The molecule has 74 heavy (non-hydrogen) atoms. The van der Waals surface area contributed by atoms with Gasteiger partial charge in [-0.2, -0.15) is 0 Å². The van der Waals surface area contributed by atoms with Gasteiger partial charge >= 0.3 is 12.1 Å². The predicted octanol–water partition coefficient (Wildman–Crippen LogP) is 3.80. The number of amides is 5. The summed E-state index contributed by atoms with van der Waals surface area (Å²) in [6, 6.07) is 12.2. The number of nitrogens with one attached hydrogen (secondary N) is 2. The normalized spacial score (nSPS) is 23.6. The van der Waals surface area contributed by atoms with Crippen LogP contribution >= 0.6 is 0 Å². The first-order valence-corrected chi connectivity index (χ1v) is 25.7. The molecular weight excluding hydrogens is 959 g/mol. The zero-order chi connectivity index (χ0) is 55.3. The third-order valence-electron chi connectivity index (χ3n) is 14.6. The number of likely N-dealkylation sites (N-methyl/N-ethyl adjacent to an activating group) is 2. The van der Waals surface area contributed by atoms with Crippen molar-refractivity contribution in [2.24, 2.45) is 23.7 Å². The monoisotopic (exact) mass is 1040 g/mol. The Morgan fingerprint density at radius 2 is 1.45 bits per heavy atom. The molecule has 4 rings (SSSR count). The number of hydrogen-bond donors (Lipinski definition) is 6. The van der Waals surface area contributed by atoms with E-state index in [4.69, 9.17) is 23.7 Å². The summed E-state index contributed by atoms with van der Waals surface area (Å²) < 4.78 is 29.2. The molecule has 2 aromatic carbocycles. The number of aliphatic carboxylic acids is 1. The topological polar surface area (TPSA) is 263 Å². The van der Waals surface area contributed by atoms with Crippen LogP contribution in [0.1, 0.15) is 104 Å². The van der Waals surface area contributed by atoms with Crippen molar-refractivity contribution in [2.75, 3.05) is 34.9 Å². The molecular formula is C54H83N5O15. The molecule has 15 unspecified atom stereocenters. The van der Waals surface area contributed by atoms with Crippen LogP contribution in [0.15, 0.2) is 54.6 Å². The summed E-state index contributed by atoms with van der Waals surface area (Å²) in [5.74, 6) is -4.92. The Balaban J connectivity index is 1.48. The molecule has 6 N–H and O–H groups in total. The van der Waals surface area contributed by atoms with E-state index < -0.39 is 115 Å². The number of rotatable bonds is 25. The molecule has 15 atom stereocenters. The van der Waals surface area contributed by atoms with Crippen LogP contribution in [0.3, 0.4) is 0 Å². The van der Waals surface area contributed by atoms with Gasteiger partial charge in [-0.15, -0.1) is 0 Å². The SMILES string of the molecule is CCC(C)C(C(CC(=O)N1CCCC1C(OC)C(C)C(=O)NC(C)C(OC1OC(C(=O)O)C(O)C(O)C1O)c1ccccc1)OC)N(C)C(=O)C(NC(=O)C(C(C)C)N(C)C(=O)OCc1ccc(C)cc1)C(C)C. The Morgan fingerprint density at radius 3 is 2.00 bits per heavy atom. The third kappa shape index (κ3) is 15.2. The van der Waals surface area contributed by atoms with Crippen LogP contribution in [0.5, 0.6) is 0 Å². The molecule has 0 radical (unpaired) electrons.